The molecule has 0 amide bonds. The zero-order chi connectivity index (χ0) is 17.9. The van der Waals surface area contributed by atoms with Gasteiger partial charge in [0.2, 0.25) is 0 Å². The van der Waals surface area contributed by atoms with E-state index in [1.165, 1.54) is 0 Å². The Labute approximate surface area is 148 Å². The van der Waals surface area contributed by atoms with Gasteiger partial charge in [0, 0.05) is 0 Å². The van der Waals surface area contributed by atoms with Gasteiger partial charge < -0.3 is 0 Å². The van der Waals surface area contributed by atoms with Crippen LogP contribution in [0.3, 0.4) is 0 Å². The summed E-state index contributed by atoms with van der Waals surface area (Å²) in [7, 11) is -0.905. The molecule has 2 N–H and O–H groups in total. The van der Waals surface area contributed by atoms with Gasteiger partial charge in [-0.2, -0.15) is 0 Å². The van der Waals surface area contributed by atoms with Crippen molar-refractivity contribution < 1.29 is 14.3 Å². The molecule has 0 atom stereocenters. The Morgan fingerprint density at radius 1 is 0.680 bits per heavy atom. The predicted molar refractivity (Wildman–Crippen MR) is 105 cm³/mol. The first kappa shape index (κ1) is 17.4. The van der Waals surface area contributed by atoms with E-state index in [-0.39, 0.29) is 0 Å². The second-order valence-corrected chi connectivity index (χ2v) is 9.21. The summed E-state index contributed by atoms with van der Waals surface area (Å²) in [6.45, 7) is 0. The summed E-state index contributed by atoms with van der Waals surface area (Å²) in [6, 6.07) is 24.7. The van der Waals surface area contributed by atoms with Gasteiger partial charge >= 0.3 is 148 Å². The summed E-state index contributed by atoms with van der Waals surface area (Å²) in [6.07, 6.45) is 0. The summed E-state index contributed by atoms with van der Waals surface area (Å²) >= 11 is 0. The van der Waals surface area contributed by atoms with Crippen molar-refractivity contribution in [2.45, 2.75) is 0 Å². The number of hydrogen-bond donors (Lipinski definition) is 2. The van der Waals surface area contributed by atoms with Crippen LogP contribution in [-0.4, -0.2) is 23.9 Å². The molecule has 0 heterocycles. The molecule has 0 radical (unpaired) electrons. The van der Waals surface area contributed by atoms with Gasteiger partial charge in [-0.1, -0.05) is 0 Å². The first-order chi connectivity index (χ1) is 11.9. The van der Waals surface area contributed by atoms with Crippen molar-refractivity contribution in [3.05, 3.63) is 84.9 Å². The molecule has 0 unspecified atom stereocenters. The van der Waals surface area contributed by atoms with Crippen molar-refractivity contribution in [1.29, 1.82) is 0 Å². The van der Waals surface area contributed by atoms with Crippen LogP contribution in [-0.2, 0) is 0 Å². The zero-order valence-electron chi connectivity index (χ0n) is 14.3. The van der Waals surface area contributed by atoms with E-state index in [4.69, 9.17) is 4.52 Å². The molecule has 0 fully saturated rings. The summed E-state index contributed by atoms with van der Waals surface area (Å²) in [5.41, 5.74) is 1.00. The Morgan fingerprint density at radius 2 is 1.12 bits per heavy atom. The van der Waals surface area contributed by atoms with Gasteiger partial charge in [0.15, 0.2) is 0 Å². The molecule has 3 aromatic rings. The monoisotopic (exact) mass is 355 g/mol. The topological polar surface area (TPSA) is 52.9 Å². The first-order valence-corrected chi connectivity index (χ1v) is 10.1. The average molecular weight is 355 g/mol. The number of nitrogens with zero attached hydrogens (tertiary/aromatic N) is 1. The minimum absolute atomic E-state index is 0.358. The molecule has 0 aliphatic rings. The molecule has 25 heavy (non-hydrogen) atoms. The van der Waals surface area contributed by atoms with Crippen molar-refractivity contribution >= 4 is 23.6 Å². The fourth-order valence-corrected chi connectivity index (χ4v) is 5.10. The Balaban J connectivity index is 2.09. The molecule has 0 saturated heterocycles. The second kappa shape index (κ2) is 6.49. The molecule has 0 saturated carbocycles. The maximum atomic E-state index is 11.5. The van der Waals surface area contributed by atoms with E-state index in [1.54, 1.807) is 60.7 Å². The fourth-order valence-electron chi connectivity index (χ4n) is 2.65. The van der Waals surface area contributed by atoms with E-state index < -0.39 is 7.28 Å². The van der Waals surface area contributed by atoms with Crippen LogP contribution in [0.1, 0.15) is 0 Å². The number of anilines is 1. The normalized spacial score (nSPS) is 12.9. The first-order valence-electron chi connectivity index (χ1n) is 7.99. The Hall–Kier alpha value is -2.39. The van der Waals surface area contributed by atoms with E-state index >= 15 is 0 Å². The molecule has 130 valence electrons. The molecule has 0 aliphatic carbocycles. The van der Waals surface area contributed by atoms with Crippen LogP contribution in [0.25, 0.3) is 0 Å². The van der Waals surface area contributed by atoms with Crippen LogP contribution in [0, 0.1) is 0 Å². The van der Waals surface area contributed by atoms with Crippen LogP contribution >= 0.6 is 7.28 Å². The molecule has 3 aromatic carbocycles. The van der Waals surface area contributed by atoms with Gasteiger partial charge in [0.25, 0.3) is 0 Å². The van der Waals surface area contributed by atoms with Crippen LogP contribution in [0.4, 0.5) is 5.69 Å². The Kier molecular flexibility index (Phi) is 4.53. The molecular weight excluding hydrogens is 333 g/mol. The second-order valence-electron chi connectivity index (χ2n) is 6.10. The van der Waals surface area contributed by atoms with Gasteiger partial charge in [-0.3, -0.25) is 0 Å². The van der Waals surface area contributed by atoms with Gasteiger partial charge in [0.05, 0.1) is 0 Å². The average Bonchev–Trinajstić information content (AvgIpc) is 2.64. The van der Waals surface area contributed by atoms with Crippen LogP contribution in [0.15, 0.2) is 84.9 Å². The Morgan fingerprint density at radius 3 is 1.52 bits per heavy atom. The third-order valence-electron chi connectivity index (χ3n) is 4.07. The maximum absolute atomic E-state index is 11.5. The Bertz CT molecular complexity index is 790. The van der Waals surface area contributed by atoms with Crippen molar-refractivity contribution in [3.63, 3.8) is 0 Å². The minimum atomic E-state index is -4.80. The molecule has 4 nitrogen and oxygen atoms in total. The molecule has 5 heteroatoms. The van der Waals surface area contributed by atoms with Gasteiger partial charge in [-0.05, 0) is 0 Å². The predicted octanol–water partition coefficient (Wildman–Crippen LogP) is 3.07. The van der Waals surface area contributed by atoms with E-state index in [2.05, 4.69) is 0 Å². The number of hydrogen-bond acceptors (Lipinski definition) is 4. The van der Waals surface area contributed by atoms with Gasteiger partial charge in [-0.25, -0.2) is 0 Å². The number of benzene rings is 3. The molecular formula is C20H22NO3P. The summed E-state index contributed by atoms with van der Waals surface area (Å²) in [5, 5.41) is 0.716. The third kappa shape index (κ3) is 3.38. The summed E-state index contributed by atoms with van der Waals surface area (Å²) in [4.78, 5) is 25.0. The van der Waals surface area contributed by atoms with Crippen molar-refractivity contribution in [3.8, 4) is 5.75 Å². The molecule has 0 bridgehead atoms. The SMILES string of the molecule is CN(C)c1ccc(OP(O)(O)(c2ccccc2)c2ccccc2)cc1. The number of rotatable bonds is 5. The summed E-state index contributed by atoms with van der Waals surface area (Å²) < 4.78 is 5.92. The van der Waals surface area contributed by atoms with Crippen molar-refractivity contribution in [2.24, 2.45) is 0 Å². The van der Waals surface area contributed by atoms with Crippen molar-refractivity contribution in [1.82, 2.24) is 0 Å². The van der Waals surface area contributed by atoms with E-state index in [1.807, 2.05) is 43.3 Å². The molecule has 3 rings (SSSR count). The van der Waals surface area contributed by atoms with Crippen LogP contribution < -0.4 is 20.0 Å². The van der Waals surface area contributed by atoms with Crippen LogP contribution in [0.5, 0.6) is 5.75 Å². The van der Waals surface area contributed by atoms with E-state index in [9.17, 15) is 9.79 Å². The molecule has 0 aromatic heterocycles. The van der Waals surface area contributed by atoms with Gasteiger partial charge in [-0.15, -0.1) is 0 Å². The molecule has 0 spiro atoms. The molecule has 0 aliphatic heterocycles. The fraction of sp³-hybridized carbons (Fsp3) is 0.100. The standard InChI is InChI=1S/C20H22NO3P/c1-21(2)17-13-15-18(16-14-17)24-25(22,23,19-9-5-3-6-10-19)20-11-7-4-8-12-20/h3-16,22-23H,1-2H3. The van der Waals surface area contributed by atoms with Crippen LogP contribution in [0.2, 0.25) is 0 Å². The van der Waals surface area contributed by atoms with Gasteiger partial charge in [0.1, 0.15) is 0 Å². The van der Waals surface area contributed by atoms with E-state index in [0.29, 0.717) is 16.4 Å². The summed E-state index contributed by atoms with van der Waals surface area (Å²) in [5.74, 6) is 0.404. The quantitative estimate of drug-likeness (QED) is 0.691. The van der Waals surface area contributed by atoms with E-state index in [0.717, 1.165) is 5.69 Å². The third-order valence-corrected chi connectivity index (χ3v) is 7.09. The van der Waals surface area contributed by atoms with Crippen molar-refractivity contribution in [2.75, 3.05) is 19.0 Å². The zero-order valence-corrected chi connectivity index (χ0v) is 15.2.